The third kappa shape index (κ3) is 5.34. The average molecular weight is 321 g/mol. The molecule has 23 heavy (non-hydrogen) atoms. The predicted molar refractivity (Wildman–Crippen MR) is 91.3 cm³/mol. The molecule has 2 N–H and O–H groups in total. The first kappa shape index (κ1) is 18.0. The summed E-state index contributed by atoms with van der Waals surface area (Å²) in [5, 5.41) is 10.7. The number of carbonyl (C=O) groups is 1. The van der Waals surface area contributed by atoms with Gasteiger partial charge in [0.25, 0.3) is 0 Å². The van der Waals surface area contributed by atoms with E-state index >= 15 is 0 Å². The molecule has 5 nitrogen and oxygen atoms in total. The molecule has 1 fully saturated rings. The van der Waals surface area contributed by atoms with Crippen molar-refractivity contribution >= 4 is 5.91 Å². The molecular weight excluding hydrogens is 290 g/mol. The van der Waals surface area contributed by atoms with E-state index in [1.54, 1.807) is 0 Å². The summed E-state index contributed by atoms with van der Waals surface area (Å²) >= 11 is 0. The van der Waals surface area contributed by atoms with Gasteiger partial charge in [-0.3, -0.25) is 4.79 Å². The van der Waals surface area contributed by atoms with Gasteiger partial charge in [-0.25, -0.2) is 0 Å². The number of aromatic nitrogens is 1. The molecule has 1 amide bonds. The van der Waals surface area contributed by atoms with Crippen LogP contribution >= 0.6 is 0 Å². The minimum absolute atomic E-state index is 0.0212. The largest absolute Gasteiger partial charge is 0.361 e. The van der Waals surface area contributed by atoms with E-state index in [0.717, 1.165) is 37.4 Å². The molecule has 0 unspecified atom stereocenters. The third-order valence-corrected chi connectivity index (χ3v) is 4.43. The Hall–Kier alpha value is -1.36. The van der Waals surface area contributed by atoms with Crippen LogP contribution < -0.4 is 10.6 Å². The molecule has 1 saturated heterocycles. The lowest BCUT2D eigenvalue weighted by Gasteiger charge is -2.31. The average Bonchev–Trinajstić information content (AvgIpc) is 2.88. The highest BCUT2D eigenvalue weighted by Gasteiger charge is 2.29. The van der Waals surface area contributed by atoms with Gasteiger partial charge in [0.05, 0.1) is 5.69 Å². The summed E-state index contributed by atoms with van der Waals surface area (Å²) in [7, 11) is 0. The number of nitrogens with zero attached hydrogens (tertiary/aromatic N) is 1. The van der Waals surface area contributed by atoms with Gasteiger partial charge in [-0.1, -0.05) is 25.9 Å². The molecule has 5 heteroatoms. The van der Waals surface area contributed by atoms with Crippen LogP contribution in [0.4, 0.5) is 0 Å². The molecule has 0 saturated carbocycles. The Balaban J connectivity index is 1.98. The lowest BCUT2D eigenvalue weighted by molar-refractivity contribution is -0.123. The molecule has 0 aliphatic carbocycles. The summed E-state index contributed by atoms with van der Waals surface area (Å²) < 4.78 is 5.49. The van der Waals surface area contributed by atoms with Crippen molar-refractivity contribution in [2.24, 2.45) is 11.8 Å². The van der Waals surface area contributed by atoms with E-state index in [1.807, 2.05) is 13.8 Å². The maximum atomic E-state index is 12.1. The van der Waals surface area contributed by atoms with Crippen molar-refractivity contribution in [1.82, 2.24) is 15.8 Å². The standard InChI is InChI=1S/C18H31N3O2/c1-12(2)20-17(22)9-13-6-7-19-11-14(13)8-15-10-16(23-21-15)18(3,4)5/h10,12-14,19H,6-9,11H2,1-5H3,(H,20,22)/t13-,14+/m1/s1. The Kier molecular flexibility index (Phi) is 5.84. The van der Waals surface area contributed by atoms with E-state index in [-0.39, 0.29) is 17.4 Å². The maximum absolute atomic E-state index is 12.1. The van der Waals surface area contributed by atoms with E-state index < -0.39 is 0 Å². The fourth-order valence-corrected chi connectivity index (χ4v) is 3.13. The fourth-order valence-electron chi connectivity index (χ4n) is 3.13. The zero-order valence-electron chi connectivity index (χ0n) is 15.1. The summed E-state index contributed by atoms with van der Waals surface area (Å²) in [6.07, 6.45) is 2.51. The van der Waals surface area contributed by atoms with Gasteiger partial charge in [-0.15, -0.1) is 0 Å². The predicted octanol–water partition coefficient (Wildman–Crippen LogP) is 2.66. The van der Waals surface area contributed by atoms with Crippen LogP contribution in [0.1, 0.15) is 58.9 Å². The molecule has 0 bridgehead atoms. The van der Waals surface area contributed by atoms with E-state index in [0.29, 0.717) is 18.3 Å². The smallest absolute Gasteiger partial charge is 0.220 e. The molecule has 0 aromatic carbocycles. The van der Waals surface area contributed by atoms with Crippen molar-refractivity contribution in [2.45, 2.75) is 65.3 Å². The number of rotatable bonds is 5. The monoisotopic (exact) mass is 321 g/mol. The Morgan fingerprint density at radius 3 is 2.78 bits per heavy atom. The zero-order valence-corrected chi connectivity index (χ0v) is 15.1. The molecule has 2 heterocycles. The summed E-state index contributed by atoms with van der Waals surface area (Å²) in [5.74, 6) is 1.92. The molecule has 0 radical (unpaired) electrons. The van der Waals surface area contributed by atoms with Crippen molar-refractivity contribution in [3.63, 3.8) is 0 Å². The molecule has 2 atom stereocenters. The van der Waals surface area contributed by atoms with Gasteiger partial charge in [-0.2, -0.15) is 0 Å². The first-order valence-electron chi connectivity index (χ1n) is 8.72. The highest BCUT2D eigenvalue weighted by Crippen LogP contribution is 2.28. The van der Waals surface area contributed by atoms with Gasteiger partial charge in [0.1, 0.15) is 5.76 Å². The van der Waals surface area contributed by atoms with E-state index in [1.165, 1.54) is 0 Å². The zero-order chi connectivity index (χ0) is 17.0. The molecule has 1 aromatic heterocycles. The molecule has 1 aromatic rings. The second-order valence-corrected chi connectivity index (χ2v) is 8.08. The van der Waals surface area contributed by atoms with E-state index in [2.05, 4.69) is 42.6 Å². The van der Waals surface area contributed by atoms with Crippen LogP contribution in [0.3, 0.4) is 0 Å². The number of carbonyl (C=O) groups excluding carboxylic acids is 1. The summed E-state index contributed by atoms with van der Waals surface area (Å²) in [4.78, 5) is 12.1. The highest BCUT2D eigenvalue weighted by atomic mass is 16.5. The first-order valence-corrected chi connectivity index (χ1v) is 8.72. The highest BCUT2D eigenvalue weighted by molar-refractivity contribution is 5.76. The lowest BCUT2D eigenvalue weighted by atomic mass is 9.81. The van der Waals surface area contributed by atoms with E-state index in [9.17, 15) is 4.79 Å². The van der Waals surface area contributed by atoms with Crippen molar-refractivity contribution in [3.8, 4) is 0 Å². The Bertz CT molecular complexity index is 517. The molecule has 0 spiro atoms. The fraction of sp³-hybridized carbons (Fsp3) is 0.778. The molecule has 130 valence electrons. The van der Waals surface area contributed by atoms with Crippen LogP contribution in [0.25, 0.3) is 0 Å². The third-order valence-electron chi connectivity index (χ3n) is 4.43. The van der Waals surface area contributed by atoms with Crippen LogP contribution in [-0.2, 0) is 16.6 Å². The maximum Gasteiger partial charge on any atom is 0.220 e. The number of hydrogen-bond donors (Lipinski definition) is 2. The first-order chi connectivity index (χ1) is 10.8. The van der Waals surface area contributed by atoms with Gasteiger partial charge in [0, 0.05) is 23.9 Å². The van der Waals surface area contributed by atoms with Crippen molar-refractivity contribution in [3.05, 3.63) is 17.5 Å². The number of nitrogens with one attached hydrogen (secondary N) is 2. The number of hydrogen-bond acceptors (Lipinski definition) is 4. The summed E-state index contributed by atoms with van der Waals surface area (Å²) in [6.45, 7) is 12.3. The molecule has 1 aliphatic rings. The van der Waals surface area contributed by atoms with Crippen molar-refractivity contribution < 1.29 is 9.32 Å². The SMILES string of the molecule is CC(C)NC(=O)C[C@H]1CCNC[C@@H]1Cc1cc(C(C)(C)C)on1. The van der Waals surface area contributed by atoms with Gasteiger partial charge in [-0.05, 0) is 51.6 Å². The van der Waals surface area contributed by atoms with Gasteiger partial charge >= 0.3 is 0 Å². The van der Waals surface area contributed by atoms with Crippen LogP contribution in [0.2, 0.25) is 0 Å². The Morgan fingerprint density at radius 1 is 1.43 bits per heavy atom. The van der Waals surface area contributed by atoms with Crippen LogP contribution in [0.5, 0.6) is 0 Å². The summed E-state index contributed by atoms with van der Waals surface area (Å²) in [5.41, 5.74) is 0.977. The molecule has 2 rings (SSSR count). The second-order valence-electron chi connectivity index (χ2n) is 8.08. The van der Waals surface area contributed by atoms with Gasteiger partial charge in [0.15, 0.2) is 0 Å². The minimum Gasteiger partial charge on any atom is -0.361 e. The topological polar surface area (TPSA) is 67.2 Å². The van der Waals surface area contributed by atoms with Gasteiger partial charge in [0.2, 0.25) is 5.91 Å². The molecular formula is C18H31N3O2. The van der Waals surface area contributed by atoms with Crippen LogP contribution in [-0.4, -0.2) is 30.2 Å². The number of amides is 1. The van der Waals surface area contributed by atoms with Gasteiger partial charge < -0.3 is 15.2 Å². The second kappa shape index (κ2) is 7.47. The molecule has 1 aliphatic heterocycles. The van der Waals surface area contributed by atoms with Crippen molar-refractivity contribution in [1.29, 1.82) is 0 Å². The van der Waals surface area contributed by atoms with Crippen LogP contribution in [0, 0.1) is 11.8 Å². The van der Waals surface area contributed by atoms with Crippen LogP contribution in [0.15, 0.2) is 10.6 Å². The van der Waals surface area contributed by atoms with E-state index in [4.69, 9.17) is 4.52 Å². The normalized spacial score (nSPS) is 22.3. The van der Waals surface area contributed by atoms with Crippen molar-refractivity contribution in [2.75, 3.05) is 13.1 Å². The minimum atomic E-state index is -0.0212. The Morgan fingerprint density at radius 2 is 2.17 bits per heavy atom. The Labute approximate surface area is 139 Å². The quantitative estimate of drug-likeness (QED) is 0.875. The lowest BCUT2D eigenvalue weighted by Crippen LogP contribution is -2.41. The summed E-state index contributed by atoms with van der Waals surface area (Å²) in [6, 6.07) is 2.27. The number of piperidine rings is 1.